The summed E-state index contributed by atoms with van der Waals surface area (Å²) in [6, 6.07) is -0.251. The van der Waals surface area contributed by atoms with Gasteiger partial charge in [0, 0.05) is 24.9 Å². The van der Waals surface area contributed by atoms with E-state index in [4.69, 9.17) is 47.7 Å². The fourth-order valence-electron chi connectivity index (χ4n) is 3.54. The number of aliphatic carboxylic acids is 1. The Morgan fingerprint density at radius 3 is 1.09 bits per heavy atom. The zero-order chi connectivity index (χ0) is 34.1. The monoisotopic (exact) mass is 668 g/mol. The van der Waals surface area contributed by atoms with Crippen molar-refractivity contribution < 1.29 is 62.1 Å². The molecule has 0 aromatic rings. The molecule has 0 spiro atoms. The number of ether oxygens (including phenoxy) is 9. The molecule has 0 heterocycles. The first-order valence-corrected chi connectivity index (χ1v) is 16.2. The highest BCUT2D eigenvalue weighted by atomic mass is 16.6. The van der Waals surface area contributed by atoms with E-state index in [9.17, 15) is 14.4 Å². The third-order valence-electron chi connectivity index (χ3n) is 5.86. The average Bonchev–Trinajstić information content (AvgIpc) is 3.01. The van der Waals surface area contributed by atoms with Crippen LogP contribution in [0, 0.1) is 5.92 Å². The fourth-order valence-corrected chi connectivity index (χ4v) is 3.54. The van der Waals surface area contributed by atoms with E-state index in [-0.39, 0.29) is 56.3 Å². The molecule has 1 amide bonds. The highest BCUT2D eigenvalue weighted by Gasteiger charge is 2.22. The second-order valence-electron chi connectivity index (χ2n) is 10.6. The smallest absolute Gasteiger partial charge is 0.305 e. The van der Waals surface area contributed by atoms with Crippen LogP contribution in [0.4, 0.5) is 0 Å². The van der Waals surface area contributed by atoms with Gasteiger partial charge in [-0.15, -0.1) is 0 Å². The third kappa shape index (κ3) is 32.2. The minimum absolute atomic E-state index is 0.00851. The summed E-state index contributed by atoms with van der Waals surface area (Å²) in [5.41, 5.74) is 0. The largest absolute Gasteiger partial charge is 0.481 e. The van der Waals surface area contributed by atoms with Gasteiger partial charge in [0.15, 0.2) is 5.78 Å². The van der Waals surface area contributed by atoms with Gasteiger partial charge in [0.05, 0.1) is 131 Å². The average molecular weight is 669 g/mol. The van der Waals surface area contributed by atoms with Gasteiger partial charge in [0.25, 0.3) is 0 Å². The summed E-state index contributed by atoms with van der Waals surface area (Å²) in [7, 11) is 0. The highest BCUT2D eigenvalue weighted by Crippen LogP contribution is 2.01. The second-order valence-corrected chi connectivity index (χ2v) is 10.6. The van der Waals surface area contributed by atoms with Crippen molar-refractivity contribution in [1.29, 1.82) is 0 Å². The van der Waals surface area contributed by atoms with Gasteiger partial charge in [-0.25, -0.2) is 0 Å². The number of Topliss-reactive ketones (excluding diaryl/α,β-unsaturated/α-hetero) is 1. The summed E-state index contributed by atoms with van der Waals surface area (Å²) in [6.45, 7) is 15.4. The van der Waals surface area contributed by atoms with Crippen LogP contribution in [-0.4, -0.2) is 160 Å². The van der Waals surface area contributed by atoms with Gasteiger partial charge < -0.3 is 58.4 Å². The summed E-state index contributed by atoms with van der Waals surface area (Å²) in [4.78, 5) is 34.7. The van der Waals surface area contributed by atoms with E-state index in [1.54, 1.807) is 0 Å². The molecule has 272 valence electrons. The molecule has 0 radical (unpaired) electrons. The molecule has 15 nitrogen and oxygen atoms in total. The lowest BCUT2D eigenvalue weighted by Gasteiger charge is -2.22. The minimum atomic E-state index is -0.880. The molecule has 46 heavy (non-hydrogen) atoms. The SMILES string of the molecule is CC(C)N[C@@H](CNC(=O)CCOCCOCCOCCOCCOCCOCCOCCOCCOCCC(=O)O)C(=O)C(C)C. The predicted octanol–water partition coefficient (Wildman–Crippen LogP) is 0.709. The van der Waals surface area contributed by atoms with Crippen molar-refractivity contribution in [3.63, 3.8) is 0 Å². The van der Waals surface area contributed by atoms with Crippen molar-refractivity contribution >= 4 is 17.7 Å². The maximum Gasteiger partial charge on any atom is 0.305 e. The summed E-state index contributed by atoms with van der Waals surface area (Å²) < 4.78 is 48.5. The first-order valence-electron chi connectivity index (χ1n) is 16.2. The predicted molar refractivity (Wildman–Crippen MR) is 169 cm³/mol. The van der Waals surface area contributed by atoms with Crippen LogP contribution >= 0.6 is 0 Å². The van der Waals surface area contributed by atoms with Crippen LogP contribution in [0.25, 0.3) is 0 Å². The van der Waals surface area contributed by atoms with E-state index >= 15 is 0 Å². The Bertz CT molecular complexity index is 729. The van der Waals surface area contributed by atoms with Crippen LogP contribution in [0.3, 0.4) is 0 Å². The number of ketones is 1. The topological polar surface area (TPSA) is 179 Å². The van der Waals surface area contributed by atoms with Gasteiger partial charge in [-0.05, 0) is 0 Å². The van der Waals surface area contributed by atoms with Crippen LogP contribution in [0.5, 0.6) is 0 Å². The first-order chi connectivity index (χ1) is 22.2. The standard InChI is InChI=1S/C31H60N2O13/c1-26(2)31(37)28(33-27(3)4)25-32-29(34)5-7-38-9-11-40-13-15-42-17-19-44-21-23-46-24-22-45-20-18-43-16-14-41-12-10-39-8-6-30(35)36/h26-28,33H,5-25H2,1-4H3,(H,32,34)(H,35,36)/t28-/m0/s1. The van der Waals surface area contributed by atoms with E-state index in [0.29, 0.717) is 106 Å². The zero-order valence-corrected chi connectivity index (χ0v) is 28.4. The number of carbonyl (C=O) groups excluding carboxylic acids is 2. The molecule has 0 aromatic carbocycles. The molecule has 0 aliphatic heterocycles. The summed E-state index contributed by atoms with van der Waals surface area (Å²) in [5, 5.41) is 14.5. The lowest BCUT2D eigenvalue weighted by Crippen LogP contribution is -2.50. The molecule has 0 bridgehead atoms. The van der Waals surface area contributed by atoms with Crippen molar-refractivity contribution in [1.82, 2.24) is 10.6 Å². The van der Waals surface area contributed by atoms with E-state index in [0.717, 1.165) is 0 Å². The molecule has 0 aromatic heterocycles. The fraction of sp³-hybridized carbons (Fsp3) is 0.903. The Hall–Kier alpha value is -1.79. The number of carbonyl (C=O) groups is 3. The molecule has 0 aliphatic rings. The van der Waals surface area contributed by atoms with Crippen molar-refractivity contribution in [3.8, 4) is 0 Å². The molecule has 0 rings (SSSR count). The Morgan fingerprint density at radius 1 is 0.500 bits per heavy atom. The van der Waals surface area contributed by atoms with Gasteiger partial charge in [0.1, 0.15) is 0 Å². The van der Waals surface area contributed by atoms with Gasteiger partial charge in [-0.3, -0.25) is 14.4 Å². The maximum atomic E-state index is 12.3. The highest BCUT2D eigenvalue weighted by molar-refractivity contribution is 5.86. The van der Waals surface area contributed by atoms with E-state index in [1.165, 1.54) is 0 Å². The number of amides is 1. The number of nitrogens with one attached hydrogen (secondary N) is 2. The van der Waals surface area contributed by atoms with Crippen molar-refractivity contribution in [3.05, 3.63) is 0 Å². The van der Waals surface area contributed by atoms with Gasteiger partial charge in [-0.2, -0.15) is 0 Å². The Kier molecular flexibility index (Phi) is 31.8. The van der Waals surface area contributed by atoms with Crippen molar-refractivity contribution in [2.75, 3.05) is 125 Å². The van der Waals surface area contributed by atoms with Crippen LogP contribution in [0.1, 0.15) is 40.5 Å². The second kappa shape index (κ2) is 33.1. The normalized spacial score (nSPS) is 12.2. The summed E-state index contributed by atoms with van der Waals surface area (Å²) in [6.07, 6.45) is 0.212. The van der Waals surface area contributed by atoms with Gasteiger partial charge in [0.2, 0.25) is 5.91 Å². The summed E-state index contributed by atoms with van der Waals surface area (Å²) >= 11 is 0. The van der Waals surface area contributed by atoms with E-state index in [2.05, 4.69) is 10.6 Å². The lowest BCUT2D eigenvalue weighted by molar-refractivity contribution is -0.138. The zero-order valence-electron chi connectivity index (χ0n) is 28.4. The number of rotatable bonds is 36. The molecule has 0 saturated heterocycles. The first kappa shape index (κ1) is 44.2. The van der Waals surface area contributed by atoms with Gasteiger partial charge in [-0.1, -0.05) is 27.7 Å². The molecule has 3 N–H and O–H groups in total. The lowest BCUT2D eigenvalue weighted by atomic mass is 10.0. The van der Waals surface area contributed by atoms with Crippen LogP contribution in [0.2, 0.25) is 0 Å². The molecule has 0 aliphatic carbocycles. The van der Waals surface area contributed by atoms with Crippen molar-refractivity contribution in [2.24, 2.45) is 5.92 Å². The molecular formula is C31H60N2O13. The Labute approximate surface area is 274 Å². The molecule has 1 atom stereocenters. The molecule has 0 unspecified atom stereocenters. The van der Waals surface area contributed by atoms with Crippen LogP contribution in [-0.2, 0) is 57.0 Å². The van der Waals surface area contributed by atoms with Gasteiger partial charge >= 0.3 is 5.97 Å². The molecule has 15 heteroatoms. The third-order valence-corrected chi connectivity index (χ3v) is 5.86. The number of hydrogen-bond donors (Lipinski definition) is 3. The van der Waals surface area contributed by atoms with Crippen LogP contribution < -0.4 is 10.6 Å². The summed E-state index contributed by atoms with van der Waals surface area (Å²) in [5.74, 6) is -1.05. The van der Waals surface area contributed by atoms with E-state index < -0.39 is 12.0 Å². The van der Waals surface area contributed by atoms with Crippen molar-refractivity contribution in [2.45, 2.75) is 52.6 Å². The van der Waals surface area contributed by atoms with Crippen LogP contribution in [0.15, 0.2) is 0 Å². The number of carboxylic acids is 1. The number of carboxylic acid groups (broad SMARTS) is 1. The molecule has 0 saturated carbocycles. The quantitative estimate of drug-likeness (QED) is 0.0795. The minimum Gasteiger partial charge on any atom is -0.481 e. The Balaban J connectivity index is 3.30. The van der Waals surface area contributed by atoms with E-state index in [1.807, 2.05) is 27.7 Å². The Morgan fingerprint density at radius 2 is 0.804 bits per heavy atom. The molecular weight excluding hydrogens is 608 g/mol. The molecule has 0 fully saturated rings. The maximum absolute atomic E-state index is 12.3. The number of hydrogen-bond acceptors (Lipinski definition) is 13.